The molecule has 0 fully saturated rings. The minimum absolute atomic E-state index is 0.0516. The van der Waals surface area contributed by atoms with Gasteiger partial charge in [-0.1, -0.05) is 12.8 Å². The van der Waals surface area contributed by atoms with Crippen LogP contribution in [0.2, 0.25) is 0 Å². The average molecular weight is 279 g/mol. The minimum atomic E-state index is -0.0516. The van der Waals surface area contributed by atoms with Gasteiger partial charge in [0, 0.05) is 25.0 Å². The zero-order valence-corrected chi connectivity index (χ0v) is 11.4. The number of aryl methyl sites for hydroxylation is 1. The molecule has 94 valence electrons. The van der Waals surface area contributed by atoms with Gasteiger partial charge in [0.05, 0.1) is 9.88 Å². The van der Waals surface area contributed by atoms with Crippen LogP contribution in [0.4, 0.5) is 0 Å². The lowest BCUT2D eigenvalue weighted by molar-refractivity contribution is -0.119. The molecule has 0 radical (unpaired) electrons. The van der Waals surface area contributed by atoms with Crippen molar-refractivity contribution in [2.24, 2.45) is 0 Å². The van der Waals surface area contributed by atoms with Crippen molar-refractivity contribution in [2.75, 3.05) is 0 Å². The number of carbonyl (C=O) groups excluding carboxylic acids is 1. The summed E-state index contributed by atoms with van der Waals surface area (Å²) in [6.07, 6.45) is 7.49. The van der Waals surface area contributed by atoms with Crippen molar-refractivity contribution in [3.63, 3.8) is 0 Å². The van der Waals surface area contributed by atoms with Crippen molar-refractivity contribution in [3.8, 4) is 10.4 Å². The summed E-state index contributed by atoms with van der Waals surface area (Å²) in [4.78, 5) is 20.5. The van der Waals surface area contributed by atoms with Gasteiger partial charge in [-0.05, 0) is 30.5 Å². The van der Waals surface area contributed by atoms with Crippen LogP contribution in [-0.2, 0) is 11.2 Å². The first-order chi connectivity index (χ1) is 8.79. The number of hydrogen-bond donors (Lipinski definition) is 2. The summed E-state index contributed by atoms with van der Waals surface area (Å²) < 4.78 is 2.31. The van der Waals surface area contributed by atoms with Gasteiger partial charge in [-0.15, -0.1) is 11.3 Å². The van der Waals surface area contributed by atoms with Gasteiger partial charge < -0.3 is 4.72 Å². The zero-order valence-electron chi connectivity index (χ0n) is 9.67. The number of thiazole rings is 1. The number of nitrogens with one attached hydrogen (secondary N) is 1. The van der Waals surface area contributed by atoms with Crippen molar-refractivity contribution in [2.45, 2.75) is 19.3 Å². The van der Waals surface area contributed by atoms with Crippen LogP contribution in [0.1, 0.15) is 17.8 Å². The van der Waals surface area contributed by atoms with Crippen LogP contribution in [0.3, 0.4) is 0 Å². The normalized spacial score (nSPS) is 10.3. The van der Waals surface area contributed by atoms with Crippen molar-refractivity contribution in [1.29, 1.82) is 0 Å². The van der Waals surface area contributed by atoms with Gasteiger partial charge in [-0.25, -0.2) is 4.98 Å². The van der Waals surface area contributed by atoms with E-state index in [-0.39, 0.29) is 5.91 Å². The monoisotopic (exact) mass is 279 g/mol. The van der Waals surface area contributed by atoms with E-state index in [0.717, 1.165) is 28.3 Å². The Morgan fingerprint density at radius 2 is 2.17 bits per heavy atom. The molecule has 0 aliphatic carbocycles. The Kier molecular flexibility index (Phi) is 4.72. The van der Waals surface area contributed by atoms with E-state index in [1.54, 1.807) is 23.7 Å². The van der Waals surface area contributed by atoms with E-state index in [1.807, 2.05) is 18.3 Å². The molecule has 0 aromatic carbocycles. The van der Waals surface area contributed by atoms with Crippen LogP contribution in [0.25, 0.3) is 10.4 Å². The third kappa shape index (κ3) is 3.54. The zero-order chi connectivity index (χ0) is 12.8. The Balaban J connectivity index is 1.93. The topological polar surface area (TPSA) is 54.9 Å². The molecule has 0 saturated heterocycles. The molecular formula is C12H13N3OS2. The summed E-state index contributed by atoms with van der Waals surface area (Å²) in [5.41, 5.74) is 1.13. The SMILES string of the molecule is O=C(CCCc1ncc(-c2ccncc2)s1)NS. The lowest BCUT2D eigenvalue weighted by atomic mass is 10.2. The second kappa shape index (κ2) is 6.51. The third-order valence-corrected chi connectivity index (χ3v) is 3.79. The van der Waals surface area contributed by atoms with Gasteiger partial charge in [0.25, 0.3) is 0 Å². The van der Waals surface area contributed by atoms with Gasteiger partial charge in [-0.2, -0.15) is 0 Å². The molecule has 2 heterocycles. The lowest BCUT2D eigenvalue weighted by Gasteiger charge is -1.97. The molecule has 0 saturated carbocycles. The van der Waals surface area contributed by atoms with Gasteiger partial charge in [0.1, 0.15) is 0 Å². The van der Waals surface area contributed by atoms with Crippen molar-refractivity contribution < 1.29 is 4.79 Å². The fourth-order valence-electron chi connectivity index (χ4n) is 1.53. The fourth-order valence-corrected chi connectivity index (χ4v) is 2.61. The number of aromatic nitrogens is 2. The maximum Gasteiger partial charge on any atom is 0.229 e. The highest BCUT2D eigenvalue weighted by Crippen LogP contribution is 2.26. The fraction of sp³-hybridized carbons (Fsp3) is 0.250. The van der Waals surface area contributed by atoms with Crippen LogP contribution < -0.4 is 4.72 Å². The van der Waals surface area contributed by atoms with E-state index in [4.69, 9.17) is 0 Å². The van der Waals surface area contributed by atoms with E-state index in [2.05, 4.69) is 27.5 Å². The first kappa shape index (κ1) is 13.0. The second-order valence-electron chi connectivity index (χ2n) is 3.74. The molecule has 1 amide bonds. The Bertz CT molecular complexity index is 513. The van der Waals surface area contributed by atoms with E-state index in [9.17, 15) is 4.79 Å². The largest absolute Gasteiger partial charge is 0.303 e. The predicted octanol–water partition coefficient (Wildman–Crippen LogP) is 2.49. The average Bonchev–Trinajstić information content (AvgIpc) is 2.88. The van der Waals surface area contributed by atoms with Gasteiger partial charge in [0.2, 0.25) is 5.91 Å². The quantitative estimate of drug-likeness (QED) is 0.827. The number of hydrogen-bond acceptors (Lipinski definition) is 5. The van der Waals surface area contributed by atoms with Crippen molar-refractivity contribution in [3.05, 3.63) is 35.7 Å². The molecule has 2 rings (SSSR count). The number of pyridine rings is 1. The summed E-state index contributed by atoms with van der Waals surface area (Å²) in [7, 11) is 0. The molecule has 4 nitrogen and oxygen atoms in total. The van der Waals surface area contributed by atoms with Crippen LogP contribution in [-0.4, -0.2) is 15.9 Å². The summed E-state index contributed by atoms with van der Waals surface area (Å²) in [6.45, 7) is 0. The molecule has 6 heteroatoms. The van der Waals surface area contributed by atoms with Crippen molar-refractivity contribution >= 4 is 30.1 Å². The first-order valence-corrected chi connectivity index (χ1v) is 6.84. The van der Waals surface area contributed by atoms with E-state index in [0.29, 0.717) is 6.42 Å². The molecule has 0 atom stereocenters. The summed E-state index contributed by atoms with van der Waals surface area (Å²) >= 11 is 5.36. The van der Waals surface area contributed by atoms with Crippen LogP contribution in [0.15, 0.2) is 30.7 Å². The summed E-state index contributed by atoms with van der Waals surface area (Å²) in [5, 5.41) is 1.05. The maximum absolute atomic E-state index is 11.0. The van der Waals surface area contributed by atoms with Crippen LogP contribution in [0, 0.1) is 0 Å². The van der Waals surface area contributed by atoms with Gasteiger partial charge >= 0.3 is 0 Å². The smallest absolute Gasteiger partial charge is 0.229 e. The van der Waals surface area contributed by atoms with E-state index >= 15 is 0 Å². The first-order valence-electron chi connectivity index (χ1n) is 5.57. The second-order valence-corrected chi connectivity index (χ2v) is 5.08. The van der Waals surface area contributed by atoms with E-state index < -0.39 is 0 Å². The lowest BCUT2D eigenvalue weighted by Crippen LogP contribution is -2.11. The molecule has 1 N–H and O–H groups in total. The maximum atomic E-state index is 11.0. The molecule has 2 aromatic rings. The Labute approximate surface area is 115 Å². The summed E-state index contributed by atoms with van der Waals surface area (Å²) in [5.74, 6) is -0.0516. The molecule has 0 unspecified atom stereocenters. The number of carbonyl (C=O) groups is 1. The molecule has 18 heavy (non-hydrogen) atoms. The minimum Gasteiger partial charge on any atom is -0.303 e. The van der Waals surface area contributed by atoms with Crippen LogP contribution in [0.5, 0.6) is 0 Å². The van der Waals surface area contributed by atoms with Crippen molar-refractivity contribution in [1.82, 2.24) is 14.7 Å². The number of amides is 1. The Morgan fingerprint density at radius 3 is 2.89 bits per heavy atom. The highest BCUT2D eigenvalue weighted by molar-refractivity contribution is 7.78. The Hall–Kier alpha value is -1.40. The van der Waals surface area contributed by atoms with Crippen LogP contribution >= 0.6 is 24.2 Å². The standard InChI is InChI=1S/C12H13N3OS2/c16-11(15-17)2-1-3-12-14-8-10(18-12)9-4-6-13-7-5-9/h4-8,17H,1-3H2,(H,15,16). The number of nitrogens with zero attached hydrogens (tertiary/aromatic N) is 2. The molecule has 0 spiro atoms. The highest BCUT2D eigenvalue weighted by Gasteiger charge is 2.05. The van der Waals surface area contributed by atoms with Gasteiger partial charge in [0.15, 0.2) is 0 Å². The summed E-state index contributed by atoms with van der Waals surface area (Å²) in [6, 6.07) is 3.93. The highest BCUT2D eigenvalue weighted by atomic mass is 32.1. The van der Waals surface area contributed by atoms with Gasteiger partial charge in [-0.3, -0.25) is 9.78 Å². The third-order valence-electron chi connectivity index (χ3n) is 2.44. The molecule has 0 aliphatic rings. The predicted molar refractivity (Wildman–Crippen MR) is 75.4 cm³/mol. The molecular weight excluding hydrogens is 266 g/mol. The molecule has 0 aliphatic heterocycles. The number of rotatable bonds is 5. The number of thiol groups is 1. The van der Waals surface area contributed by atoms with E-state index in [1.165, 1.54) is 0 Å². The molecule has 2 aromatic heterocycles. The Morgan fingerprint density at radius 1 is 1.39 bits per heavy atom. The molecule has 0 bridgehead atoms.